The number of halogens is 2. The average molecular weight is 238 g/mol. The number of aromatic nitrogens is 2. The van der Waals surface area contributed by atoms with Crippen molar-refractivity contribution in [3.05, 3.63) is 42.2 Å². The summed E-state index contributed by atoms with van der Waals surface area (Å²) < 4.78 is 27.1. The van der Waals surface area contributed by atoms with Crippen LogP contribution in [0.5, 0.6) is 0 Å². The van der Waals surface area contributed by atoms with Gasteiger partial charge in [0.05, 0.1) is 0 Å². The number of carboxylic acids is 1. The lowest BCUT2D eigenvalue weighted by Gasteiger charge is -2.05. The summed E-state index contributed by atoms with van der Waals surface area (Å²) in [6.07, 6.45) is 2.87. The molecule has 6 heteroatoms. The molecule has 0 spiro atoms. The second-order valence-electron chi connectivity index (χ2n) is 3.40. The molecule has 1 aromatic heterocycles. The van der Waals surface area contributed by atoms with Gasteiger partial charge in [0.25, 0.3) is 0 Å². The molecule has 0 fully saturated rings. The Balaban J connectivity index is 2.42. The Morgan fingerprint density at radius 3 is 2.76 bits per heavy atom. The van der Waals surface area contributed by atoms with Crippen LogP contribution in [0.3, 0.4) is 0 Å². The topological polar surface area (TPSA) is 55.1 Å². The summed E-state index contributed by atoms with van der Waals surface area (Å²) in [6, 6.07) is 3.31. The van der Waals surface area contributed by atoms with Gasteiger partial charge in [-0.15, -0.1) is 0 Å². The first kappa shape index (κ1) is 11.3. The minimum Gasteiger partial charge on any atom is -0.480 e. The average Bonchev–Trinajstić information content (AvgIpc) is 2.69. The SMILES string of the molecule is O=C(O)Cn1ccnc1-c1ccc(F)c(F)c1. The summed E-state index contributed by atoms with van der Waals surface area (Å²) in [6.45, 7) is -0.283. The van der Waals surface area contributed by atoms with E-state index < -0.39 is 17.6 Å². The van der Waals surface area contributed by atoms with E-state index in [1.54, 1.807) is 0 Å². The van der Waals surface area contributed by atoms with E-state index in [1.165, 1.54) is 23.0 Å². The number of hydrogen-bond donors (Lipinski definition) is 1. The van der Waals surface area contributed by atoms with E-state index in [-0.39, 0.29) is 12.4 Å². The number of carboxylic acid groups (broad SMARTS) is 1. The highest BCUT2D eigenvalue weighted by Crippen LogP contribution is 2.19. The fraction of sp³-hybridized carbons (Fsp3) is 0.0909. The van der Waals surface area contributed by atoms with Crippen LogP contribution in [0.1, 0.15) is 0 Å². The molecule has 0 aliphatic rings. The van der Waals surface area contributed by atoms with Crippen LogP contribution in [-0.4, -0.2) is 20.6 Å². The standard InChI is InChI=1S/C11H8F2N2O2/c12-8-2-1-7(5-9(8)13)11-14-3-4-15(11)6-10(16)17/h1-5H,6H2,(H,16,17). The maximum absolute atomic E-state index is 13.0. The quantitative estimate of drug-likeness (QED) is 0.888. The van der Waals surface area contributed by atoms with Crippen LogP contribution in [0.4, 0.5) is 8.78 Å². The van der Waals surface area contributed by atoms with Crippen molar-refractivity contribution in [2.45, 2.75) is 6.54 Å². The normalized spacial score (nSPS) is 10.5. The molecule has 0 unspecified atom stereocenters. The van der Waals surface area contributed by atoms with E-state index >= 15 is 0 Å². The Labute approximate surface area is 95.1 Å². The second kappa shape index (κ2) is 4.32. The van der Waals surface area contributed by atoms with Crippen molar-refractivity contribution < 1.29 is 18.7 Å². The van der Waals surface area contributed by atoms with Gasteiger partial charge in [0, 0.05) is 18.0 Å². The van der Waals surface area contributed by atoms with Gasteiger partial charge in [-0.25, -0.2) is 13.8 Å². The monoisotopic (exact) mass is 238 g/mol. The van der Waals surface area contributed by atoms with Gasteiger partial charge in [-0.2, -0.15) is 0 Å². The fourth-order valence-electron chi connectivity index (χ4n) is 1.48. The Hall–Kier alpha value is -2.24. The molecule has 2 rings (SSSR count). The smallest absolute Gasteiger partial charge is 0.323 e. The molecule has 4 nitrogen and oxygen atoms in total. The van der Waals surface area contributed by atoms with Crippen molar-refractivity contribution in [3.63, 3.8) is 0 Å². The lowest BCUT2D eigenvalue weighted by atomic mass is 10.2. The molecule has 0 aliphatic carbocycles. The molecule has 0 amide bonds. The second-order valence-corrected chi connectivity index (χ2v) is 3.40. The van der Waals surface area contributed by atoms with Crippen molar-refractivity contribution in [1.29, 1.82) is 0 Å². The Morgan fingerprint density at radius 2 is 2.12 bits per heavy atom. The summed E-state index contributed by atoms with van der Waals surface area (Å²) in [5.41, 5.74) is 0.329. The third kappa shape index (κ3) is 2.30. The van der Waals surface area contributed by atoms with Crippen LogP contribution < -0.4 is 0 Å². The molecule has 0 saturated carbocycles. The molecular weight excluding hydrogens is 230 g/mol. The Bertz CT molecular complexity index is 566. The zero-order chi connectivity index (χ0) is 12.4. The van der Waals surface area contributed by atoms with Crippen LogP contribution in [0, 0.1) is 11.6 Å². The lowest BCUT2D eigenvalue weighted by Crippen LogP contribution is -2.09. The molecular formula is C11H8F2N2O2. The van der Waals surface area contributed by atoms with Gasteiger partial charge in [-0.3, -0.25) is 4.79 Å². The molecule has 17 heavy (non-hydrogen) atoms. The van der Waals surface area contributed by atoms with Gasteiger partial charge in [0.1, 0.15) is 12.4 Å². The van der Waals surface area contributed by atoms with Crippen LogP contribution in [-0.2, 0) is 11.3 Å². The molecule has 0 bridgehead atoms. The van der Waals surface area contributed by atoms with E-state index in [9.17, 15) is 13.6 Å². The Kier molecular flexibility index (Phi) is 2.86. The number of aliphatic carboxylic acids is 1. The summed E-state index contributed by atoms with van der Waals surface area (Å²) in [7, 11) is 0. The molecule has 0 atom stereocenters. The van der Waals surface area contributed by atoms with Crippen molar-refractivity contribution in [1.82, 2.24) is 9.55 Å². The maximum atomic E-state index is 13.0. The predicted octanol–water partition coefficient (Wildman–Crippen LogP) is 1.91. The summed E-state index contributed by atoms with van der Waals surface area (Å²) in [4.78, 5) is 14.5. The molecule has 2 aromatic rings. The Morgan fingerprint density at radius 1 is 1.35 bits per heavy atom. The van der Waals surface area contributed by atoms with Crippen molar-refractivity contribution in [2.24, 2.45) is 0 Å². The molecule has 1 aromatic carbocycles. The van der Waals surface area contributed by atoms with Crippen LogP contribution >= 0.6 is 0 Å². The number of imidazole rings is 1. The van der Waals surface area contributed by atoms with E-state index in [4.69, 9.17) is 5.11 Å². The third-order valence-electron chi connectivity index (χ3n) is 2.20. The highest BCUT2D eigenvalue weighted by Gasteiger charge is 2.11. The van der Waals surface area contributed by atoms with Crippen molar-refractivity contribution >= 4 is 5.97 Å². The molecule has 0 aliphatic heterocycles. The first-order chi connectivity index (χ1) is 8.08. The van der Waals surface area contributed by atoms with Gasteiger partial charge in [0.15, 0.2) is 11.6 Å². The summed E-state index contributed by atoms with van der Waals surface area (Å²) in [5.74, 6) is -2.70. The van der Waals surface area contributed by atoms with Crippen LogP contribution in [0.15, 0.2) is 30.6 Å². The number of rotatable bonds is 3. The predicted molar refractivity (Wildman–Crippen MR) is 55.2 cm³/mol. The zero-order valence-corrected chi connectivity index (χ0v) is 8.60. The molecule has 1 N–H and O–H groups in total. The van der Waals surface area contributed by atoms with E-state index in [1.807, 2.05) is 0 Å². The first-order valence-electron chi connectivity index (χ1n) is 4.76. The zero-order valence-electron chi connectivity index (χ0n) is 8.60. The minimum absolute atomic E-state index is 0.283. The highest BCUT2D eigenvalue weighted by atomic mass is 19.2. The molecule has 1 heterocycles. The van der Waals surface area contributed by atoms with E-state index in [0.717, 1.165) is 12.1 Å². The lowest BCUT2D eigenvalue weighted by molar-refractivity contribution is -0.137. The van der Waals surface area contributed by atoms with Gasteiger partial charge >= 0.3 is 5.97 Å². The van der Waals surface area contributed by atoms with Gasteiger partial charge in [-0.1, -0.05) is 0 Å². The van der Waals surface area contributed by atoms with Crippen molar-refractivity contribution in [3.8, 4) is 11.4 Å². The molecule has 0 radical (unpaired) electrons. The number of nitrogens with zero attached hydrogens (tertiary/aromatic N) is 2. The van der Waals surface area contributed by atoms with Crippen LogP contribution in [0.25, 0.3) is 11.4 Å². The number of hydrogen-bond acceptors (Lipinski definition) is 2. The van der Waals surface area contributed by atoms with Gasteiger partial charge in [-0.05, 0) is 18.2 Å². The van der Waals surface area contributed by atoms with E-state index in [2.05, 4.69) is 4.98 Å². The third-order valence-corrected chi connectivity index (χ3v) is 2.20. The number of carbonyl (C=O) groups is 1. The van der Waals surface area contributed by atoms with Gasteiger partial charge < -0.3 is 9.67 Å². The fourth-order valence-corrected chi connectivity index (χ4v) is 1.48. The highest BCUT2D eigenvalue weighted by molar-refractivity contribution is 5.68. The molecule has 0 saturated heterocycles. The van der Waals surface area contributed by atoms with E-state index in [0.29, 0.717) is 5.56 Å². The number of benzene rings is 1. The van der Waals surface area contributed by atoms with Gasteiger partial charge in [0.2, 0.25) is 0 Å². The summed E-state index contributed by atoms with van der Waals surface area (Å²) in [5, 5.41) is 8.67. The first-order valence-corrected chi connectivity index (χ1v) is 4.76. The summed E-state index contributed by atoms with van der Waals surface area (Å²) >= 11 is 0. The van der Waals surface area contributed by atoms with Crippen molar-refractivity contribution in [2.75, 3.05) is 0 Å². The van der Waals surface area contributed by atoms with Crippen LogP contribution in [0.2, 0.25) is 0 Å². The minimum atomic E-state index is -1.04. The largest absolute Gasteiger partial charge is 0.480 e. The molecule has 88 valence electrons. The maximum Gasteiger partial charge on any atom is 0.323 e.